The summed E-state index contributed by atoms with van der Waals surface area (Å²) in [5, 5.41) is 0. The topological polar surface area (TPSA) is 12.4 Å². The minimum absolute atomic E-state index is 1.01. The van der Waals surface area contributed by atoms with E-state index in [-0.39, 0.29) is 0 Å². The summed E-state index contributed by atoms with van der Waals surface area (Å²) in [6.45, 7) is 1.01. The second kappa shape index (κ2) is 0.553. The Hall–Kier alpha value is -0.330. The van der Waals surface area contributed by atoms with Crippen molar-refractivity contribution in [3.8, 4) is 0 Å². The summed E-state index contributed by atoms with van der Waals surface area (Å²) in [5.74, 6) is 0. The second-order valence-electron chi connectivity index (χ2n) is 0.790. The smallest absolute Gasteiger partial charge is 0.0577 e. The molecule has 0 fully saturated rings. The number of rotatable bonds is 0. The lowest BCUT2D eigenvalue weighted by atomic mass is 10.4. The largest absolute Gasteiger partial charge is 0.287 e. The van der Waals surface area contributed by atoms with E-state index in [1.54, 1.807) is 0 Å². The van der Waals surface area contributed by atoms with Crippen molar-refractivity contribution < 1.29 is 0 Å². The molecule has 0 spiro atoms. The summed E-state index contributed by atoms with van der Waals surface area (Å²) < 4.78 is 0. The minimum Gasteiger partial charge on any atom is -0.287 e. The Kier molecular flexibility index (Phi) is 0.268. The van der Waals surface area contributed by atoms with Gasteiger partial charge in [0.1, 0.15) is 0 Å². The summed E-state index contributed by atoms with van der Waals surface area (Å²) in [6, 6.07) is 0. The van der Waals surface area contributed by atoms with Crippen molar-refractivity contribution in [3.05, 3.63) is 0 Å². The maximum absolute atomic E-state index is 3.67. The van der Waals surface area contributed by atoms with E-state index in [2.05, 4.69) is 11.2 Å². The molecule has 1 aliphatic rings. The zero-order chi connectivity index (χ0) is 2.83. The molecule has 0 aromatic rings. The Balaban J connectivity index is 2.47. The van der Waals surface area contributed by atoms with Crippen LogP contribution in [0.4, 0.5) is 0 Å². The van der Waals surface area contributed by atoms with E-state index in [1.807, 2.05) is 0 Å². The lowest BCUT2D eigenvalue weighted by Crippen LogP contribution is -1.91. The van der Waals surface area contributed by atoms with Crippen LogP contribution >= 0.6 is 0 Å². The molecule has 1 heteroatoms. The normalized spacial score (nSPS) is 20.0. The molecule has 0 bridgehead atoms. The second-order valence-corrected chi connectivity index (χ2v) is 0.790. The van der Waals surface area contributed by atoms with Crippen molar-refractivity contribution in [1.82, 2.24) is 0 Å². The third-order valence-corrected chi connectivity index (χ3v) is 0.447. The van der Waals surface area contributed by atoms with Gasteiger partial charge in [0.15, 0.2) is 0 Å². The molecule has 0 atom stereocenters. The van der Waals surface area contributed by atoms with E-state index in [9.17, 15) is 0 Å². The highest BCUT2D eigenvalue weighted by Crippen LogP contribution is 1.84. The maximum atomic E-state index is 3.67. The maximum Gasteiger partial charge on any atom is 0.0577 e. The van der Waals surface area contributed by atoms with Crippen LogP contribution in [0.25, 0.3) is 0 Å². The molecule has 0 unspecified atom stereocenters. The average Bonchev–Trinajstić information content (AvgIpc) is 0.722. The van der Waals surface area contributed by atoms with Gasteiger partial charge < -0.3 is 0 Å². The van der Waals surface area contributed by atoms with Gasteiger partial charge in [-0.1, -0.05) is 0 Å². The van der Waals surface area contributed by atoms with Gasteiger partial charge in [0.05, 0.1) is 6.21 Å². The van der Waals surface area contributed by atoms with Crippen molar-refractivity contribution in [3.63, 3.8) is 0 Å². The first-order chi connectivity index (χ1) is 2.00. The molecular weight excluding hydrogens is 50.0 g/mol. The zero-order valence-electron chi connectivity index (χ0n) is 2.36. The Labute approximate surface area is 25.4 Å². The highest BCUT2D eigenvalue weighted by molar-refractivity contribution is 5.62. The van der Waals surface area contributed by atoms with E-state index in [0.717, 1.165) is 13.0 Å². The van der Waals surface area contributed by atoms with Crippen LogP contribution in [0, 0.1) is 0 Å². The van der Waals surface area contributed by atoms with Gasteiger partial charge in [-0.3, -0.25) is 4.99 Å². The number of hydrogen-bond donors (Lipinski definition) is 0. The molecule has 0 aromatic heterocycles. The van der Waals surface area contributed by atoms with Crippen molar-refractivity contribution in [2.75, 3.05) is 6.54 Å². The molecule has 1 aliphatic heterocycles. The van der Waals surface area contributed by atoms with E-state index >= 15 is 0 Å². The van der Waals surface area contributed by atoms with Gasteiger partial charge in [-0.25, -0.2) is 0 Å². The summed E-state index contributed by atoms with van der Waals surface area (Å²) in [4.78, 5) is 3.67. The SMILES string of the molecule is [C]1=NCC1. The van der Waals surface area contributed by atoms with Crippen molar-refractivity contribution in [2.24, 2.45) is 4.99 Å². The first kappa shape index (κ1) is 1.94. The summed E-state index contributed by atoms with van der Waals surface area (Å²) in [6.07, 6.45) is 3.82. The first-order valence-corrected chi connectivity index (χ1v) is 1.39. The van der Waals surface area contributed by atoms with Crippen LogP contribution in [0.5, 0.6) is 0 Å². The molecule has 0 saturated carbocycles. The predicted molar refractivity (Wildman–Crippen MR) is 16.9 cm³/mol. The van der Waals surface area contributed by atoms with Gasteiger partial charge in [0.25, 0.3) is 0 Å². The number of nitrogens with zero attached hydrogens (tertiary/aromatic N) is 1. The molecule has 1 nitrogen and oxygen atoms in total. The van der Waals surface area contributed by atoms with E-state index < -0.39 is 0 Å². The Morgan fingerprint density at radius 3 is 2.00 bits per heavy atom. The molecule has 1 rings (SSSR count). The van der Waals surface area contributed by atoms with Crippen LogP contribution in [0.1, 0.15) is 6.42 Å². The molecule has 0 saturated heterocycles. The van der Waals surface area contributed by atoms with Crippen LogP contribution in [-0.4, -0.2) is 12.8 Å². The number of aliphatic imine (C=N–C) groups is 1. The quantitative estimate of drug-likeness (QED) is 0.378. The molecule has 0 amide bonds. The van der Waals surface area contributed by atoms with E-state index in [0.29, 0.717) is 0 Å². The molecule has 1 radical (unpaired) electrons. The van der Waals surface area contributed by atoms with Crippen LogP contribution in [0.3, 0.4) is 0 Å². The van der Waals surface area contributed by atoms with Gasteiger partial charge in [0.2, 0.25) is 0 Å². The molecule has 0 aromatic carbocycles. The van der Waals surface area contributed by atoms with Crippen molar-refractivity contribution in [1.29, 1.82) is 0 Å². The predicted octanol–water partition coefficient (Wildman–Crippen LogP) is 0.338. The average molecular weight is 54.1 g/mol. The highest BCUT2D eigenvalue weighted by Gasteiger charge is 1.84. The third-order valence-electron chi connectivity index (χ3n) is 0.447. The summed E-state index contributed by atoms with van der Waals surface area (Å²) in [5.41, 5.74) is 0. The highest BCUT2D eigenvalue weighted by atomic mass is 14.7. The fourth-order valence-electron chi connectivity index (χ4n) is 0.112. The summed E-state index contributed by atoms with van der Waals surface area (Å²) >= 11 is 0. The third kappa shape index (κ3) is 0.0557. The molecular formula is C3H4N. The van der Waals surface area contributed by atoms with E-state index in [1.165, 1.54) is 0 Å². The lowest BCUT2D eigenvalue weighted by Gasteiger charge is -1.90. The Morgan fingerprint density at radius 1 is 1.75 bits per heavy atom. The zero-order valence-corrected chi connectivity index (χ0v) is 2.36. The van der Waals surface area contributed by atoms with Crippen LogP contribution in [0.15, 0.2) is 4.99 Å². The Morgan fingerprint density at radius 2 is 2.00 bits per heavy atom. The van der Waals surface area contributed by atoms with E-state index in [4.69, 9.17) is 0 Å². The Bertz CT molecular complexity index is 32.5. The lowest BCUT2D eigenvalue weighted by molar-refractivity contribution is 0.978. The number of hydrogen-bond acceptors (Lipinski definition) is 1. The van der Waals surface area contributed by atoms with Gasteiger partial charge >= 0.3 is 0 Å². The van der Waals surface area contributed by atoms with Crippen LogP contribution < -0.4 is 0 Å². The van der Waals surface area contributed by atoms with Crippen LogP contribution in [0.2, 0.25) is 0 Å². The fourth-order valence-corrected chi connectivity index (χ4v) is 0.112. The summed E-state index contributed by atoms with van der Waals surface area (Å²) in [7, 11) is 0. The van der Waals surface area contributed by atoms with Gasteiger partial charge in [-0.15, -0.1) is 0 Å². The standard InChI is InChI=1S/C3H4N/c1-2-4-3-1/h1-2H2. The molecule has 1 heterocycles. The molecule has 4 heavy (non-hydrogen) atoms. The van der Waals surface area contributed by atoms with Crippen molar-refractivity contribution in [2.45, 2.75) is 6.42 Å². The fraction of sp³-hybridized carbons (Fsp3) is 0.667. The monoisotopic (exact) mass is 54.0 g/mol. The van der Waals surface area contributed by atoms with Gasteiger partial charge in [-0.2, -0.15) is 0 Å². The first-order valence-electron chi connectivity index (χ1n) is 1.39. The van der Waals surface area contributed by atoms with Crippen molar-refractivity contribution >= 4 is 6.21 Å². The minimum atomic E-state index is 1.01. The molecule has 0 N–H and O–H groups in total. The molecule has 21 valence electrons. The van der Waals surface area contributed by atoms with Gasteiger partial charge in [0, 0.05) is 13.0 Å². The van der Waals surface area contributed by atoms with Gasteiger partial charge in [-0.05, 0) is 0 Å². The van der Waals surface area contributed by atoms with Crippen LogP contribution in [-0.2, 0) is 0 Å². The molecule has 0 aliphatic carbocycles.